The predicted octanol–water partition coefficient (Wildman–Crippen LogP) is -1.35. The van der Waals surface area contributed by atoms with Gasteiger partial charge >= 0.3 is 22.5 Å². The summed E-state index contributed by atoms with van der Waals surface area (Å²) in [7, 11) is -3.51. The van der Waals surface area contributed by atoms with E-state index >= 15 is 0 Å². The number of likely N-dealkylation sites (N-methyl/N-ethyl adjacent to an activating group) is 1. The lowest BCUT2D eigenvalue weighted by atomic mass is 10.0. The molecule has 2 heterocycles. The maximum absolute atomic E-state index is 12.1. The van der Waals surface area contributed by atoms with Crippen LogP contribution >= 0.6 is 0 Å². The molecule has 0 aromatic rings. The maximum atomic E-state index is 12.1. The first-order valence-corrected chi connectivity index (χ1v) is 8.59. The van der Waals surface area contributed by atoms with Gasteiger partial charge in [0.15, 0.2) is 0 Å². The molecular weight excluding hydrogens is 364 g/mol. The van der Waals surface area contributed by atoms with E-state index in [2.05, 4.69) is 9.76 Å². The van der Waals surface area contributed by atoms with E-state index in [1.54, 1.807) is 0 Å². The van der Waals surface area contributed by atoms with Crippen LogP contribution in [0.3, 0.4) is 0 Å². The van der Waals surface area contributed by atoms with Crippen molar-refractivity contribution in [3.8, 4) is 0 Å². The van der Waals surface area contributed by atoms with E-state index in [1.807, 2.05) is 0 Å². The average Bonchev–Trinajstić information content (AvgIpc) is 2.74. The largest absolute Gasteiger partial charge is 0.465 e. The lowest BCUT2D eigenvalue weighted by molar-refractivity contribution is -0.139. The molecular formula is C11H18N4O9S. The molecule has 0 radical (unpaired) electrons. The van der Waals surface area contributed by atoms with Crippen LogP contribution in [0, 0.1) is 0 Å². The second-order valence-corrected chi connectivity index (χ2v) is 6.53. The zero-order valence-electron chi connectivity index (χ0n) is 13.2. The number of piperidine rings is 1. The SMILES string of the molecule is CN(CCONC(=O)[C@@H]1CC[C@@H]2CN1C(=O)N2OS(=O)(=O)O)C(=O)O. The number of carbonyl (C=O) groups is 3. The summed E-state index contributed by atoms with van der Waals surface area (Å²) in [4.78, 5) is 41.8. The van der Waals surface area contributed by atoms with Crippen molar-refractivity contribution >= 4 is 28.4 Å². The quantitative estimate of drug-likeness (QED) is 0.274. The summed E-state index contributed by atoms with van der Waals surface area (Å²) >= 11 is 0. The number of hydrogen-bond acceptors (Lipinski definition) is 7. The molecule has 0 aromatic carbocycles. The van der Waals surface area contributed by atoms with Crippen molar-refractivity contribution in [3.63, 3.8) is 0 Å². The van der Waals surface area contributed by atoms with Crippen molar-refractivity contribution in [2.75, 3.05) is 26.7 Å². The van der Waals surface area contributed by atoms with Gasteiger partial charge in [0, 0.05) is 20.1 Å². The predicted molar refractivity (Wildman–Crippen MR) is 78.1 cm³/mol. The molecule has 14 heteroatoms. The number of nitrogens with one attached hydrogen (secondary N) is 1. The topological polar surface area (TPSA) is 166 Å². The molecule has 0 aliphatic carbocycles. The van der Waals surface area contributed by atoms with Crippen molar-refractivity contribution in [2.45, 2.75) is 24.9 Å². The fourth-order valence-electron chi connectivity index (χ4n) is 2.57. The summed E-state index contributed by atoms with van der Waals surface area (Å²) in [5.74, 6) is -0.626. The van der Waals surface area contributed by atoms with Crippen LogP contribution in [-0.4, -0.2) is 89.8 Å². The smallest absolute Gasteiger partial charge is 0.418 e. The molecule has 25 heavy (non-hydrogen) atoms. The molecule has 0 aromatic heterocycles. The first-order valence-electron chi connectivity index (χ1n) is 7.22. The molecule has 13 nitrogen and oxygen atoms in total. The van der Waals surface area contributed by atoms with Gasteiger partial charge in [-0.3, -0.25) is 14.2 Å². The van der Waals surface area contributed by atoms with E-state index in [-0.39, 0.29) is 32.5 Å². The van der Waals surface area contributed by atoms with Crippen LogP contribution in [0.15, 0.2) is 0 Å². The maximum Gasteiger partial charge on any atom is 0.418 e. The van der Waals surface area contributed by atoms with Gasteiger partial charge in [-0.15, -0.1) is 4.28 Å². The van der Waals surface area contributed by atoms with E-state index < -0.39 is 40.5 Å². The number of carboxylic acid groups (broad SMARTS) is 1. The van der Waals surface area contributed by atoms with Gasteiger partial charge in [-0.25, -0.2) is 15.1 Å². The number of rotatable bonds is 7. The lowest BCUT2D eigenvalue weighted by Crippen LogP contribution is -2.50. The first kappa shape index (κ1) is 19.2. The molecule has 3 N–H and O–H groups in total. The number of carbonyl (C=O) groups excluding carboxylic acids is 2. The third-order valence-electron chi connectivity index (χ3n) is 3.83. The number of urea groups is 1. The molecule has 2 fully saturated rings. The second kappa shape index (κ2) is 7.38. The zero-order valence-corrected chi connectivity index (χ0v) is 14.0. The van der Waals surface area contributed by atoms with Gasteiger partial charge in [0.05, 0.1) is 12.6 Å². The van der Waals surface area contributed by atoms with E-state index in [0.29, 0.717) is 5.06 Å². The van der Waals surface area contributed by atoms with Crippen molar-refractivity contribution < 1.29 is 41.6 Å². The number of nitrogens with zero attached hydrogens (tertiary/aromatic N) is 3. The van der Waals surface area contributed by atoms with E-state index in [0.717, 1.165) is 9.80 Å². The van der Waals surface area contributed by atoms with Crippen molar-refractivity contribution in [1.82, 2.24) is 20.3 Å². The fourth-order valence-corrected chi connectivity index (χ4v) is 2.96. The highest BCUT2D eigenvalue weighted by Crippen LogP contribution is 2.30. The number of hydroxylamine groups is 3. The second-order valence-electron chi connectivity index (χ2n) is 5.53. The molecule has 2 atom stereocenters. The van der Waals surface area contributed by atoms with Crippen LogP contribution < -0.4 is 5.48 Å². The third-order valence-corrected chi connectivity index (χ3v) is 4.18. The van der Waals surface area contributed by atoms with E-state index in [4.69, 9.17) is 14.5 Å². The van der Waals surface area contributed by atoms with Gasteiger partial charge in [-0.05, 0) is 12.8 Å². The minimum atomic E-state index is -4.85. The zero-order chi connectivity index (χ0) is 18.8. The standard InChI is InChI=1S/C11H18N4O9S/c1-13(11(18)19)4-5-23-12-9(16)8-3-2-7-6-14(8)10(17)15(7)24-25(20,21)22/h7-8H,2-6H2,1H3,(H,12,16)(H,18,19)(H,20,21,22)/t7-,8+/m1/s1. The molecule has 142 valence electrons. The normalized spacial score (nSPS) is 22.9. The molecule has 2 aliphatic rings. The Morgan fingerprint density at radius 2 is 2.08 bits per heavy atom. The number of hydrogen-bond donors (Lipinski definition) is 3. The average molecular weight is 382 g/mol. The van der Waals surface area contributed by atoms with Crippen molar-refractivity contribution in [2.24, 2.45) is 0 Å². The number of amides is 4. The Kier molecular flexibility index (Phi) is 5.66. The molecule has 2 bridgehead atoms. The Hall–Kier alpha value is -2.16. The van der Waals surface area contributed by atoms with Crippen LogP contribution in [0.5, 0.6) is 0 Å². The lowest BCUT2D eigenvalue weighted by Gasteiger charge is -2.28. The molecule has 2 saturated heterocycles. The van der Waals surface area contributed by atoms with Gasteiger partial charge in [-0.2, -0.15) is 13.5 Å². The molecule has 0 saturated carbocycles. The first-order chi connectivity index (χ1) is 11.6. The van der Waals surface area contributed by atoms with Crippen LogP contribution in [0.25, 0.3) is 0 Å². The Morgan fingerprint density at radius 3 is 2.68 bits per heavy atom. The van der Waals surface area contributed by atoms with E-state index in [9.17, 15) is 22.8 Å². The Balaban J connectivity index is 1.86. The molecule has 0 spiro atoms. The summed E-state index contributed by atoms with van der Waals surface area (Å²) in [6.07, 6.45) is -0.612. The summed E-state index contributed by atoms with van der Waals surface area (Å²) in [5, 5.41) is 9.20. The highest BCUT2D eigenvalue weighted by molar-refractivity contribution is 7.80. The summed E-state index contributed by atoms with van der Waals surface area (Å²) in [5.41, 5.74) is 2.13. The van der Waals surface area contributed by atoms with Crippen LogP contribution in [0.2, 0.25) is 0 Å². The summed E-state index contributed by atoms with van der Waals surface area (Å²) in [6, 6.07) is -2.34. The Bertz CT molecular complexity index is 654. The minimum absolute atomic E-state index is 0.0287. The Morgan fingerprint density at radius 1 is 1.40 bits per heavy atom. The van der Waals surface area contributed by atoms with Gasteiger partial charge in [0.1, 0.15) is 6.04 Å². The van der Waals surface area contributed by atoms with Gasteiger partial charge < -0.3 is 14.9 Å². The van der Waals surface area contributed by atoms with Crippen LogP contribution in [-0.2, 0) is 24.3 Å². The van der Waals surface area contributed by atoms with Gasteiger partial charge in [0.2, 0.25) is 0 Å². The summed E-state index contributed by atoms with van der Waals surface area (Å²) in [6.45, 7) is 0.00495. The number of fused-ring (bicyclic) bond motifs is 2. The molecule has 0 unspecified atom stereocenters. The van der Waals surface area contributed by atoms with Crippen LogP contribution in [0.4, 0.5) is 9.59 Å². The highest BCUT2D eigenvalue weighted by Gasteiger charge is 2.49. The Labute approximate surface area is 142 Å². The van der Waals surface area contributed by atoms with E-state index in [1.165, 1.54) is 7.05 Å². The van der Waals surface area contributed by atoms with Crippen molar-refractivity contribution in [1.29, 1.82) is 0 Å². The summed E-state index contributed by atoms with van der Waals surface area (Å²) < 4.78 is 34.5. The van der Waals surface area contributed by atoms with Crippen molar-refractivity contribution in [3.05, 3.63) is 0 Å². The monoisotopic (exact) mass is 382 g/mol. The molecule has 2 aliphatic heterocycles. The fraction of sp³-hybridized carbons (Fsp3) is 0.727. The third kappa shape index (κ3) is 4.68. The molecule has 2 rings (SSSR count). The van der Waals surface area contributed by atoms with Gasteiger partial charge in [-0.1, -0.05) is 0 Å². The highest BCUT2D eigenvalue weighted by atomic mass is 32.3. The minimum Gasteiger partial charge on any atom is -0.465 e. The van der Waals surface area contributed by atoms with Gasteiger partial charge in [0.25, 0.3) is 5.91 Å². The molecule has 4 amide bonds. The van der Waals surface area contributed by atoms with Crippen LogP contribution in [0.1, 0.15) is 12.8 Å².